The maximum absolute atomic E-state index is 5.29. The third-order valence-corrected chi connectivity index (χ3v) is 3.18. The van der Waals surface area contributed by atoms with E-state index in [1.807, 2.05) is 12.1 Å². The molecule has 108 valence electrons. The van der Waals surface area contributed by atoms with Crippen LogP contribution in [-0.4, -0.2) is 52.4 Å². The molecular weight excluding hydrogens is 240 g/mol. The minimum Gasteiger partial charge on any atom is -0.497 e. The fourth-order valence-electron chi connectivity index (χ4n) is 2.07. The standard InChI is InChI=1S/C15H26N2O2/c1-12(11-18-4)16-10-15(17(2)3)13-7-6-8-14(9-13)19-5/h6-9,12,15-16H,10-11H2,1-5H3. The van der Waals surface area contributed by atoms with Gasteiger partial charge in [0.2, 0.25) is 0 Å². The highest BCUT2D eigenvalue weighted by atomic mass is 16.5. The number of rotatable bonds is 8. The van der Waals surface area contributed by atoms with Gasteiger partial charge in [-0.05, 0) is 38.7 Å². The molecule has 1 aromatic rings. The number of hydrogen-bond donors (Lipinski definition) is 1. The average Bonchev–Trinajstić information content (AvgIpc) is 2.39. The Kier molecular flexibility index (Phi) is 6.84. The van der Waals surface area contributed by atoms with E-state index in [1.54, 1.807) is 14.2 Å². The Morgan fingerprint density at radius 2 is 2.00 bits per heavy atom. The van der Waals surface area contributed by atoms with Crippen molar-refractivity contribution in [2.45, 2.75) is 19.0 Å². The molecule has 1 N–H and O–H groups in total. The molecule has 0 spiro atoms. The summed E-state index contributed by atoms with van der Waals surface area (Å²) in [6, 6.07) is 8.89. The molecule has 0 bridgehead atoms. The lowest BCUT2D eigenvalue weighted by Gasteiger charge is -2.27. The minimum atomic E-state index is 0.314. The summed E-state index contributed by atoms with van der Waals surface area (Å²) >= 11 is 0. The van der Waals surface area contributed by atoms with E-state index in [4.69, 9.17) is 9.47 Å². The molecule has 0 fully saturated rings. The van der Waals surface area contributed by atoms with Gasteiger partial charge in [-0.25, -0.2) is 0 Å². The van der Waals surface area contributed by atoms with E-state index in [-0.39, 0.29) is 0 Å². The fraction of sp³-hybridized carbons (Fsp3) is 0.600. The third kappa shape index (κ3) is 5.19. The second-order valence-corrected chi connectivity index (χ2v) is 5.02. The predicted octanol–water partition coefficient (Wildman–Crippen LogP) is 1.92. The Bertz CT molecular complexity index is 369. The van der Waals surface area contributed by atoms with Crippen molar-refractivity contribution in [1.29, 1.82) is 0 Å². The molecule has 2 unspecified atom stereocenters. The lowest BCUT2D eigenvalue weighted by atomic mass is 10.1. The average molecular weight is 266 g/mol. The molecule has 1 rings (SSSR count). The highest BCUT2D eigenvalue weighted by Crippen LogP contribution is 2.22. The molecule has 1 aromatic carbocycles. The van der Waals surface area contributed by atoms with Gasteiger partial charge in [0.05, 0.1) is 13.7 Å². The van der Waals surface area contributed by atoms with Crippen LogP contribution < -0.4 is 10.1 Å². The molecule has 0 aliphatic heterocycles. The van der Waals surface area contributed by atoms with Crippen molar-refractivity contribution in [3.8, 4) is 5.75 Å². The summed E-state index contributed by atoms with van der Waals surface area (Å²) in [4.78, 5) is 2.21. The maximum Gasteiger partial charge on any atom is 0.119 e. The van der Waals surface area contributed by atoms with Crippen molar-refractivity contribution < 1.29 is 9.47 Å². The van der Waals surface area contributed by atoms with Gasteiger partial charge in [0, 0.05) is 25.7 Å². The van der Waals surface area contributed by atoms with Crippen LogP contribution in [-0.2, 0) is 4.74 Å². The zero-order chi connectivity index (χ0) is 14.3. The molecular formula is C15H26N2O2. The van der Waals surface area contributed by atoms with E-state index in [1.165, 1.54) is 5.56 Å². The molecule has 4 nitrogen and oxygen atoms in total. The number of nitrogens with zero attached hydrogens (tertiary/aromatic N) is 1. The first-order valence-corrected chi connectivity index (χ1v) is 6.61. The van der Waals surface area contributed by atoms with Gasteiger partial charge in [0.25, 0.3) is 0 Å². The number of methoxy groups -OCH3 is 2. The largest absolute Gasteiger partial charge is 0.497 e. The van der Waals surface area contributed by atoms with Crippen molar-refractivity contribution >= 4 is 0 Å². The summed E-state index contributed by atoms with van der Waals surface area (Å²) in [5, 5.41) is 3.49. The summed E-state index contributed by atoms with van der Waals surface area (Å²) in [5.74, 6) is 0.897. The summed E-state index contributed by atoms with van der Waals surface area (Å²) in [5.41, 5.74) is 1.25. The zero-order valence-corrected chi connectivity index (χ0v) is 12.6. The molecule has 0 radical (unpaired) electrons. The molecule has 2 atom stereocenters. The van der Waals surface area contributed by atoms with Crippen molar-refractivity contribution in [1.82, 2.24) is 10.2 Å². The highest BCUT2D eigenvalue weighted by Gasteiger charge is 2.15. The van der Waals surface area contributed by atoms with Crippen molar-refractivity contribution in [2.75, 3.05) is 41.5 Å². The molecule has 19 heavy (non-hydrogen) atoms. The topological polar surface area (TPSA) is 33.7 Å². The second-order valence-electron chi connectivity index (χ2n) is 5.02. The van der Waals surface area contributed by atoms with Gasteiger partial charge in [-0.1, -0.05) is 12.1 Å². The maximum atomic E-state index is 5.29. The van der Waals surface area contributed by atoms with Gasteiger partial charge in [-0.2, -0.15) is 0 Å². The van der Waals surface area contributed by atoms with E-state index in [2.05, 4.69) is 43.4 Å². The molecule has 0 heterocycles. The molecule has 0 aromatic heterocycles. The Hall–Kier alpha value is -1.10. The van der Waals surface area contributed by atoms with Gasteiger partial charge in [-0.15, -0.1) is 0 Å². The van der Waals surface area contributed by atoms with Crippen LogP contribution in [0.25, 0.3) is 0 Å². The van der Waals surface area contributed by atoms with Crippen molar-refractivity contribution in [3.63, 3.8) is 0 Å². The molecule has 0 aliphatic rings. The van der Waals surface area contributed by atoms with Gasteiger partial charge in [0.15, 0.2) is 0 Å². The first-order valence-electron chi connectivity index (χ1n) is 6.61. The van der Waals surface area contributed by atoms with Gasteiger partial charge >= 0.3 is 0 Å². The summed E-state index contributed by atoms with van der Waals surface area (Å²) < 4.78 is 10.4. The second kappa shape index (κ2) is 8.15. The molecule has 0 saturated carbocycles. The Balaban J connectivity index is 2.71. The fourth-order valence-corrected chi connectivity index (χ4v) is 2.07. The Morgan fingerprint density at radius 3 is 2.58 bits per heavy atom. The van der Waals surface area contributed by atoms with E-state index < -0.39 is 0 Å². The van der Waals surface area contributed by atoms with Gasteiger partial charge in [-0.3, -0.25) is 0 Å². The normalized spacial score (nSPS) is 14.4. The third-order valence-electron chi connectivity index (χ3n) is 3.18. The van der Waals surface area contributed by atoms with Gasteiger partial charge < -0.3 is 19.7 Å². The quantitative estimate of drug-likeness (QED) is 0.779. The van der Waals surface area contributed by atoms with Crippen molar-refractivity contribution in [2.24, 2.45) is 0 Å². The summed E-state index contributed by atoms with van der Waals surface area (Å²) in [6.07, 6.45) is 0. The first kappa shape index (κ1) is 16.0. The van der Waals surface area contributed by atoms with E-state index in [0.29, 0.717) is 12.1 Å². The number of benzene rings is 1. The number of hydrogen-bond acceptors (Lipinski definition) is 4. The van der Waals surface area contributed by atoms with E-state index >= 15 is 0 Å². The molecule has 0 saturated heterocycles. The number of nitrogens with one attached hydrogen (secondary N) is 1. The molecule has 0 aliphatic carbocycles. The molecule has 0 amide bonds. The van der Waals surface area contributed by atoms with Crippen LogP contribution in [0.5, 0.6) is 5.75 Å². The van der Waals surface area contributed by atoms with Crippen LogP contribution in [0.15, 0.2) is 24.3 Å². The minimum absolute atomic E-state index is 0.314. The van der Waals surface area contributed by atoms with Crippen LogP contribution in [0.3, 0.4) is 0 Å². The van der Waals surface area contributed by atoms with Crippen LogP contribution >= 0.6 is 0 Å². The number of likely N-dealkylation sites (N-methyl/N-ethyl adjacent to an activating group) is 1. The number of ether oxygens (including phenoxy) is 2. The predicted molar refractivity (Wildman–Crippen MR) is 78.8 cm³/mol. The van der Waals surface area contributed by atoms with E-state index in [0.717, 1.165) is 18.9 Å². The van der Waals surface area contributed by atoms with E-state index in [9.17, 15) is 0 Å². The Labute approximate surface area is 116 Å². The van der Waals surface area contributed by atoms with Crippen LogP contribution in [0, 0.1) is 0 Å². The van der Waals surface area contributed by atoms with Gasteiger partial charge in [0.1, 0.15) is 5.75 Å². The van der Waals surface area contributed by atoms with Crippen LogP contribution in [0.4, 0.5) is 0 Å². The SMILES string of the molecule is COCC(C)NCC(c1cccc(OC)c1)N(C)C. The highest BCUT2D eigenvalue weighted by molar-refractivity contribution is 5.30. The molecule has 4 heteroatoms. The zero-order valence-electron chi connectivity index (χ0n) is 12.6. The van der Waals surface area contributed by atoms with Crippen LogP contribution in [0.2, 0.25) is 0 Å². The van der Waals surface area contributed by atoms with Crippen LogP contribution in [0.1, 0.15) is 18.5 Å². The smallest absolute Gasteiger partial charge is 0.119 e. The Morgan fingerprint density at radius 1 is 1.26 bits per heavy atom. The lowest BCUT2D eigenvalue weighted by Crippen LogP contribution is -2.37. The monoisotopic (exact) mass is 266 g/mol. The first-order chi connectivity index (χ1) is 9.08. The van der Waals surface area contributed by atoms with Crippen molar-refractivity contribution in [3.05, 3.63) is 29.8 Å². The lowest BCUT2D eigenvalue weighted by molar-refractivity contribution is 0.166. The summed E-state index contributed by atoms with van der Waals surface area (Å²) in [6.45, 7) is 3.73. The summed E-state index contributed by atoms with van der Waals surface area (Å²) in [7, 11) is 7.60.